The lowest BCUT2D eigenvalue weighted by Crippen LogP contribution is -2.44. The maximum atomic E-state index is 12.0. The van der Waals surface area contributed by atoms with Crippen LogP contribution in [0.15, 0.2) is 46.5 Å². The number of amides is 1. The van der Waals surface area contributed by atoms with Crippen LogP contribution in [-0.2, 0) is 4.79 Å². The number of aromatic nitrogens is 4. The highest BCUT2D eigenvalue weighted by molar-refractivity contribution is 7.99. The van der Waals surface area contributed by atoms with Crippen molar-refractivity contribution in [3.63, 3.8) is 0 Å². The SMILES string of the molecule is C.Cc1cc(Nc2cc(N3CCN(C)CC3)nc(Sc3ccc(NC(=O)C4CC4)cc3)n2)n[nH]1. The first-order chi connectivity index (χ1) is 16.0. The molecule has 3 heterocycles. The summed E-state index contributed by atoms with van der Waals surface area (Å²) in [5.41, 5.74) is 1.80. The van der Waals surface area contributed by atoms with Crippen molar-refractivity contribution in [1.29, 1.82) is 0 Å². The normalized spacial score (nSPS) is 16.1. The number of nitrogens with zero attached hydrogens (tertiary/aromatic N) is 5. The average Bonchev–Trinajstić information content (AvgIpc) is 3.58. The average molecular weight is 481 g/mol. The van der Waals surface area contributed by atoms with E-state index in [1.165, 1.54) is 11.8 Å². The Morgan fingerprint density at radius 3 is 2.44 bits per heavy atom. The topological polar surface area (TPSA) is 102 Å². The smallest absolute Gasteiger partial charge is 0.227 e. The van der Waals surface area contributed by atoms with Gasteiger partial charge in [0.1, 0.15) is 11.6 Å². The zero-order valence-corrected chi connectivity index (χ0v) is 19.7. The molecule has 1 saturated heterocycles. The zero-order chi connectivity index (χ0) is 22.8. The van der Waals surface area contributed by atoms with Crippen LogP contribution in [0.3, 0.4) is 0 Å². The second kappa shape index (κ2) is 10.4. The molecule has 1 saturated carbocycles. The number of hydrogen-bond donors (Lipinski definition) is 3. The Morgan fingerprint density at radius 1 is 1.06 bits per heavy atom. The summed E-state index contributed by atoms with van der Waals surface area (Å²) >= 11 is 1.50. The van der Waals surface area contributed by atoms with E-state index in [0.717, 1.165) is 66.9 Å². The number of hydrogen-bond acceptors (Lipinski definition) is 8. The first kappa shape index (κ1) is 24.0. The number of benzene rings is 1. The van der Waals surface area contributed by atoms with E-state index < -0.39 is 0 Å². The van der Waals surface area contributed by atoms with Gasteiger partial charge in [-0.1, -0.05) is 7.43 Å². The predicted octanol–water partition coefficient (Wildman–Crippen LogP) is 4.14. The molecular formula is C24H32N8OS. The summed E-state index contributed by atoms with van der Waals surface area (Å²) in [5, 5.41) is 14.2. The minimum atomic E-state index is 0. The molecular weight excluding hydrogens is 448 g/mol. The number of carbonyl (C=O) groups excluding carboxylic acids is 1. The highest BCUT2D eigenvalue weighted by Gasteiger charge is 2.29. The number of aryl methyl sites for hydroxylation is 1. The third-order valence-corrected chi connectivity index (χ3v) is 6.63. The van der Waals surface area contributed by atoms with E-state index in [9.17, 15) is 4.79 Å². The summed E-state index contributed by atoms with van der Waals surface area (Å²) in [6.45, 7) is 5.82. The zero-order valence-electron chi connectivity index (χ0n) is 18.8. The maximum Gasteiger partial charge on any atom is 0.227 e. The molecule has 0 radical (unpaired) electrons. The van der Waals surface area contributed by atoms with Gasteiger partial charge in [-0.2, -0.15) is 5.10 Å². The quantitative estimate of drug-likeness (QED) is 0.434. The lowest BCUT2D eigenvalue weighted by atomic mass is 10.3. The van der Waals surface area contributed by atoms with Gasteiger partial charge in [-0.15, -0.1) is 0 Å². The van der Waals surface area contributed by atoms with E-state index in [-0.39, 0.29) is 19.3 Å². The molecule has 1 aliphatic carbocycles. The fraction of sp³-hybridized carbons (Fsp3) is 0.417. The van der Waals surface area contributed by atoms with Gasteiger partial charge in [0.25, 0.3) is 0 Å². The van der Waals surface area contributed by atoms with Gasteiger partial charge >= 0.3 is 0 Å². The number of piperazine rings is 1. The Morgan fingerprint density at radius 2 is 1.79 bits per heavy atom. The standard InChI is InChI=1S/C23H28N8OS.CH4/c1-15-13-20(29-28-15)25-19-14-21(31-11-9-30(2)10-12-31)27-23(26-19)33-18-7-5-17(6-8-18)24-22(32)16-3-4-16;/h5-8,13-14,16H,3-4,9-12H2,1-2H3,(H,24,32)(H2,25,26,27,28,29);1H4. The van der Waals surface area contributed by atoms with Crippen LogP contribution in [0.1, 0.15) is 26.0 Å². The maximum absolute atomic E-state index is 12.0. The van der Waals surface area contributed by atoms with Crippen LogP contribution in [0, 0.1) is 12.8 Å². The predicted molar refractivity (Wildman–Crippen MR) is 137 cm³/mol. The van der Waals surface area contributed by atoms with Crippen molar-refractivity contribution < 1.29 is 4.79 Å². The van der Waals surface area contributed by atoms with Crippen molar-refractivity contribution in [2.75, 3.05) is 48.8 Å². The molecule has 0 spiro atoms. The summed E-state index contributed by atoms with van der Waals surface area (Å²) in [7, 11) is 2.14. The number of H-pyrrole nitrogens is 1. The molecule has 5 rings (SSSR count). The number of likely N-dealkylation sites (N-methyl/N-ethyl adjacent to an activating group) is 1. The van der Waals surface area contributed by atoms with Gasteiger partial charge in [0.2, 0.25) is 5.91 Å². The van der Waals surface area contributed by atoms with Gasteiger partial charge in [0, 0.05) is 60.5 Å². The van der Waals surface area contributed by atoms with Crippen LogP contribution in [0.25, 0.3) is 0 Å². The second-order valence-electron chi connectivity index (χ2n) is 8.64. The van der Waals surface area contributed by atoms with Crippen molar-refractivity contribution in [2.24, 2.45) is 5.92 Å². The number of anilines is 4. The summed E-state index contributed by atoms with van der Waals surface area (Å²) in [5.74, 6) is 2.64. The molecule has 2 fully saturated rings. The Kier molecular flexibility index (Phi) is 7.38. The van der Waals surface area contributed by atoms with Crippen LogP contribution in [-0.4, -0.2) is 64.2 Å². The van der Waals surface area contributed by atoms with Crippen molar-refractivity contribution in [3.8, 4) is 0 Å². The van der Waals surface area contributed by atoms with E-state index in [1.807, 2.05) is 43.3 Å². The minimum absolute atomic E-state index is 0. The van der Waals surface area contributed by atoms with Crippen LogP contribution in [0.5, 0.6) is 0 Å². The molecule has 2 aliphatic rings. The van der Waals surface area contributed by atoms with Gasteiger partial charge in [-0.25, -0.2) is 9.97 Å². The van der Waals surface area contributed by atoms with Crippen LogP contribution in [0.4, 0.5) is 23.1 Å². The van der Waals surface area contributed by atoms with Crippen molar-refractivity contribution in [2.45, 2.75) is 37.2 Å². The largest absolute Gasteiger partial charge is 0.354 e. The van der Waals surface area contributed by atoms with Crippen LogP contribution >= 0.6 is 11.8 Å². The molecule has 3 N–H and O–H groups in total. The van der Waals surface area contributed by atoms with E-state index in [0.29, 0.717) is 11.0 Å². The van der Waals surface area contributed by atoms with Crippen molar-refractivity contribution in [3.05, 3.63) is 42.1 Å². The summed E-state index contributed by atoms with van der Waals surface area (Å²) in [6, 6.07) is 11.8. The van der Waals surface area contributed by atoms with Gasteiger partial charge in [0.05, 0.1) is 0 Å². The Balaban J connectivity index is 0.00000274. The molecule has 10 heteroatoms. The molecule has 0 atom stereocenters. The van der Waals surface area contributed by atoms with Gasteiger partial charge in [-0.3, -0.25) is 9.89 Å². The first-order valence-electron chi connectivity index (χ1n) is 11.2. The Hall–Kier alpha value is -3.11. The summed E-state index contributed by atoms with van der Waals surface area (Å²) in [4.78, 5) is 27.2. The van der Waals surface area contributed by atoms with Crippen molar-refractivity contribution in [1.82, 2.24) is 25.1 Å². The lowest BCUT2D eigenvalue weighted by molar-refractivity contribution is -0.117. The fourth-order valence-electron chi connectivity index (χ4n) is 3.63. The summed E-state index contributed by atoms with van der Waals surface area (Å²) < 4.78 is 0. The molecule has 180 valence electrons. The first-order valence-corrected chi connectivity index (χ1v) is 12.0. The fourth-order valence-corrected chi connectivity index (χ4v) is 4.40. The van der Waals surface area contributed by atoms with E-state index in [2.05, 4.69) is 37.7 Å². The van der Waals surface area contributed by atoms with Crippen molar-refractivity contribution >= 4 is 40.8 Å². The molecule has 9 nitrogen and oxygen atoms in total. The third-order valence-electron chi connectivity index (χ3n) is 5.76. The van der Waals surface area contributed by atoms with E-state index >= 15 is 0 Å². The molecule has 2 aromatic heterocycles. The number of rotatable bonds is 7. The van der Waals surface area contributed by atoms with Crippen LogP contribution < -0.4 is 15.5 Å². The minimum Gasteiger partial charge on any atom is -0.354 e. The summed E-state index contributed by atoms with van der Waals surface area (Å²) in [6.07, 6.45) is 1.99. The Bertz CT molecular complexity index is 1120. The molecule has 0 unspecified atom stereocenters. The van der Waals surface area contributed by atoms with E-state index in [4.69, 9.17) is 9.97 Å². The number of carbonyl (C=O) groups is 1. The molecule has 1 amide bonds. The van der Waals surface area contributed by atoms with Crippen LogP contribution in [0.2, 0.25) is 0 Å². The molecule has 34 heavy (non-hydrogen) atoms. The third kappa shape index (κ3) is 6.06. The van der Waals surface area contributed by atoms with Gasteiger partial charge in [-0.05, 0) is 62.8 Å². The lowest BCUT2D eigenvalue weighted by Gasteiger charge is -2.33. The highest BCUT2D eigenvalue weighted by Crippen LogP contribution is 2.32. The van der Waals surface area contributed by atoms with Gasteiger partial charge < -0.3 is 20.4 Å². The van der Waals surface area contributed by atoms with Gasteiger partial charge in [0.15, 0.2) is 11.0 Å². The Labute approximate surface area is 204 Å². The molecule has 0 bridgehead atoms. The van der Waals surface area contributed by atoms with E-state index in [1.54, 1.807) is 0 Å². The molecule has 3 aromatic rings. The molecule has 1 aliphatic heterocycles. The molecule has 1 aromatic carbocycles. The number of aromatic amines is 1. The monoisotopic (exact) mass is 480 g/mol. The highest BCUT2D eigenvalue weighted by atomic mass is 32.2. The second-order valence-corrected chi connectivity index (χ2v) is 9.68. The number of nitrogens with one attached hydrogen (secondary N) is 3.